The standard InChI is InChI=1S/C16H16N4O2S/c1-4-8-20-13-6-5-11(22-3)10-14(13)23-16(20)17-15(21)12-7-9-19(2)18-12/h4-7,9-10H,1,8H2,2-3H3. The van der Waals surface area contributed by atoms with Crippen LogP contribution in [0.2, 0.25) is 0 Å². The van der Waals surface area contributed by atoms with Crippen molar-refractivity contribution in [2.75, 3.05) is 7.11 Å². The number of benzene rings is 1. The highest BCUT2D eigenvalue weighted by Crippen LogP contribution is 2.23. The van der Waals surface area contributed by atoms with Gasteiger partial charge in [0.1, 0.15) is 5.75 Å². The van der Waals surface area contributed by atoms with Crippen molar-refractivity contribution < 1.29 is 9.53 Å². The lowest BCUT2D eigenvalue weighted by atomic mass is 10.3. The van der Waals surface area contributed by atoms with Crippen LogP contribution in [0, 0.1) is 0 Å². The topological polar surface area (TPSA) is 61.4 Å². The van der Waals surface area contributed by atoms with Crippen molar-refractivity contribution in [1.82, 2.24) is 14.3 Å². The normalized spacial score (nSPS) is 11.8. The molecular weight excluding hydrogens is 312 g/mol. The molecule has 0 aliphatic heterocycles. The van der Waals surface area contributed by atoms with E-state index in [1.54, 1.807) is 37.2 Å². The third-order valence-corrected chi connectivity index (χ3v) is 4.37. The number of ether oxygens (including phenoxy) is 1. The number of carbonyl (C=O) groups excluding carboxylic acids is 1. The Balaban J connectivity index is 2.15. The van der Waals surface area contributed by atoms with Gasteiger partial charge >= 0.3 is 0 Å². The van der Waals surface area contributed by atoms with Gasteiger partial charge in [-0.1, -0.05) is 17.4 Å². The molecule has 0 fully saturated rings. The lowest BCUT2D eigenvalue weighted by Gasteiger charge is -2.02. The van der Waals surface area contributed by atoms with Gasteiger partial charge in [-0.2, -0.15) is 10.1 Å². The lowest BCUT2D eigenvalue weighted by molar-refractivity contribution is 0.0992. The Bertz CT molecular complexity index is 949. The molecule has 2 aromatic heterocycles. The third-order valence-electron chi connectivity index (χ3n) is 3.33. The molecule has 118 valence electrons. The van der Waals surface area contributed by atoms with Crippen LogP contribution in [0.3, 0.4) is 0 Å². The minimum absolute atomic E-state index is 0.327. The summed E-state index contributed by atoms with van der Waals surface area (Å²) in [5.74, 6) is 0.411. The molecule has 0 aliphatic rings. The quantitative estimate of drug-likeness (QED) is 0.691. The Labute approximate surface area is 137 Å². The van der Waals surface area contributed by atoms with Gasteiger partial charge < -0.3 is 9.30 Å². The van der Waals surface area contributed by atoms with E-state index in [2.05, 4.69) is 16.7 Å². The Morgan fingerprint density at radius 1 is 1.48 bits per heavy atom. The van der Waals surface area contributed by atoms with Crippen molar-refractivity contribution in [3.05, 3.63) is 53.6 Å². The number of nitrogens with zero attached hydrogens (tertiary/aromatic N) is 4. The van der Waals surface area contributed by atoms with Gasteiger partial charge in [-0.3, -0.25) is 9.48 Å². The summed E-state index contributed by atoms with van der Waals surface area (Å²) < 4.78 is 9.78. The molecule has 0 saturated carbocycles. The van der Waals surface area contributed by atoms with E-state index in [4.69, 9.17) is 4.74 Å². The zero-order valence-corrected chi connectivity index (χ0v) is 13.7. The van der Waals surface area contributed by atoms with E-state index >= 15 is 0 Å². The Morgan fingerprint density at radius 3 is 2.96 bits per heavy atom. The zero-order chi connectivity index (χ0) is 16.4. The molecule has 2 heterocycles. The second kappa shape index (κ2) is 6.21. The molecule has 0 spiro atoms. The fraction of sp³-hybridized carbons (Fsp3) is 0.188. The first kappa shape index (κ1) is 15.2. The molecule has 0 N–H and O–H groups in total. The van der Waals surface area contributed by atoms with Crippen molar-refractivity contribution in [1.29, 1.82) is 0 Å². The van der Waals surface area contributed by atoms with E-state index in [1.165, 1.54) is 11.3 Å². The largest absolute Gasteiger partial charge is 0.497 e. The van der Waals surface area contributed by atoms with Crippen molar-refractivity contribution in [2.24, 2.45) is 12.0 Å². The van der Waals surface area contributed by atoms with E-state index < -0.39 is 0 Å². The van der Waals surface area contributed by atoms with E-state index in [1.807, 2.05) is 22.8 Å². The molecule has 0 saturated heterocycles. The van der Waals surface area contributed by atoms with E-state index in [0.717, 1.165) is 16.0 Å². The highest BCUT2D eigenvalue weighted by Gasteiger charge is 2.11. The molecule has 0 atom stereocenters. The van der Waals surface area contributed by atoms with E-state index in [9.17, 15) is 4.79 Å². The molecule has 23 heavy (non-hydrogen) atoms. The predicted octanol–water partition coefficient (Wildman–Crippen LogP) is 2.37. The van der Waals surface area contributed by atoms with Crippen LogP contribution in [0.5, 0.6) is 5.75 Å². The summed E-state index contributed by atoms with van der Waals surface area (Å²) >= 11 is 1.44. The molecule has 0 aliphatic carbocycles. The van der Waals surface area contributed by atoms with Gasteiger partial charge in [0, 0.05) is 19.8 Å². The van der Waals surface area contributed by atoms with E-state index in [-0.39, 0.29) is 5.91 Å². The van der Waals surface area contributed by atoms with Gasteiger partial charge in [0.25, 0.3) is 5.91 Å². The van der Waals surface area contributed by atoms with Crippen LogP contribution in [0.25, 0.3) is 10.2 Å². The molecular formula is C16H16N4O2S. The molecule has 1 aromatic carbocycles. The van der Waals surface area contributed by atoms with Crippen LogP contribution in [0.1, 0.15) is 10.5 Å². The van der Waals surface area contributed by atoms with Crippen LogP contribution < -0.4 is 9.54 Å². The second-order valence-corrected chi connectivity index (χ2v) is 5.92. The van der Waals surface area contributed by atoms with Crippen LogP contribution in [-0.2, 0) is 13.6 Å². The first-order chi connectivity index (χ1) is 11.1. The average molecular weight is 328 g/mol. The summed E-state index contributed by atoms with van der Waals surface area (Å²) in [5.41, 5.74) is 1.32. The second-order valence-electron chi connectivity index (χ2n) is 4.91. The molecule has 1 amide bonds. The highest BCUT2D eigenvalue weighted by atomic mass is 32.1. The SMILES string of the molecule is C=CCn1c(=NC(=O)c2ccn(C)n2)sc2cc(OC)ccc21. The number of thiazole rings is 1. The van der Waals surface area contributed by atoms with Crippen molar-refractivity contribution >= 4 is 27.5 Å². The lowest BCUT2D eigenvalue weighted by Crippen LogP contribution is -2.16. The van der Waals surface area contributed by atoms with Gasteiger partial charge in [0.15, 0.2) is 10.5 Å². The maximum absolute atomic E-state index is 12.3. The number of hydrogen-bond acceptors (Lipinski definition) is 4. The Kier molecular flexibility index (Phi) is 4.12. The van der Waals surface area contributed by atoms with Gasteiger partial charge in [0.05, 0.1) is 17.3 Å². The molecule has 0 unspecified atom stereocenters. The molecule has 6 nitrogen and oxygen atoms in total. The summed E-state index contributed by atoms with van der Waals surface area (Å²) in [6.45, 7) is 4.34. The summed E-state index contributed by atoms with van der Waals surface area (Å²) in [5, 5.41) is 4.09. The zero-order valence-electron chi connectivity index (χ0n) is 12.9. The summed E-state index contributed by atoms with van der Waals surface area (Å²) in [4.78, 5) is 17.1. The number of carbonyl (C=O) groups is 1. The third kappa shape index (κ3) is 2.95. The number of hydrogen-bond donors (Lipinski definition) is 0. The average Bonchev–Trinajstić information content (AvgIpc) is 3.11. The maximum Gasteiger partial charge on any atom is 0.300 e. The number of methoxy groups -OCH3 is 1. The monoisotopic (exact) mass is 328 g/mol. The highest BCUT2D eigenvalue weighted by molar-refractivity contribution is 7.16. The molecule has 7 heteroatoms. The van der Waals surface area contributed by atoms with Crippen molar-refractivity contribution in [3.8, 4) is 5.75 Å². The predicted molar refractivity (Wildman–Crippen MR) is 89.7 cm³/mol. The fourth-order valence-electron chi connectivity index (χ4n) is 2.24. The van der Waals surface area contributed by atoms with Crippen LogP contribution >= 0.6 is 11.3 Å². The van der Waals surface area contributed by atoms with Crippen LogP contribution in [-0.4, -0.2) is 27.4 Å². The summed E-state index contributed by atoms with van der Waals surface area (Å²) in [7, 11) is 3.39. The number of rotatable bonds is 4. The summed E-state index contributed by atoms with van der Waals surface area (Å²) in [6.07, 6.45) is 3.50. The summed E-state index contributed by atoms with van der Waals surface area (Å²) in [6, 6.07) is 7.43. The number of aryl methyl sites for hydroxylation is 1. The minimum atomic E-state index is -0.359. The number of aromatic nitrogens is 3. The van der Waals surface area contributed by atoms with Gasteiger partial charge in [-0.25, -0.2) is 0 Å². The first-order valence-corrected chi connectivity index (χ1v) is 7.81. The van der Waals surface area contributed by atoms with Gasteiger partial charge in [-0.05, 0) is 24.3 Å². The molecule has 3 aromatic rings. The smallest absolute Gasteiger partial charge is 0.300 e. The fourth-order valence-corrected chi connectivity index (χ4v) is 3.31. The van der Waals surface area contributed by atoms with Crippen LogP contribution in [0.4, 0.5) is 0 Å². The Hall–Kier alpha value is -2.67. The van der Waals surface area contributed by atoms with Crippen LogP contribution in [0.15, 0.2) is 48.1 Å². The molecule has 3 rings (SSSR count). The van der Waals surface area contributed by atoms with E-state index in [0.29, 0.717) is 17.0 Å². The molecule has 0 bridgehead atoms. The maximum atomic E-state index is 12.3. The minimum Gasteiger partial charge on any atom is -0.497 e. The van der Waals surface area contributed by atoms with Crippen molar-refractivity contribution in [3.63, 3.8) is 0 Å². The number of allylic oxidation sites excluding steroid dienone is 1. The van der Waals surface area contributed by atoms with Gasteiger partial charge in [0.2, 0.25) is 0 Å². The van der Waals surface area contributed by atoms with Gasteiger partial charge in [-0.15, -0.1) is 6.58 Å². The Morgan fingerprint density at radius 2 is 2.30 bits per heavy atom. The molecule has 0 radical (unpaired) electrons. The van der Waals surface area contributed by atoms with Crippen molar-refractivity contribution in [2.45, 2.75) is 6.54 Å². The first-order valence-electron chi connectivity index (χ1n) is 6.99. The number of fused-ring (bicyclic) bond motifs is 1. The number of amides is 1.